The zero-order valence-corrected chi connectivity index (χ0v) is 40.2. The third-order valence-electron chi connectivity index (χ3n) is 15.8. The summed E-state index contributed by atoms with van der Waals surface area (Å²) in [6.07, 6.45) is 7.37. The molecule has 1 N–H and O–H groups in total. The molecular weight excluding hydrogens is 865 g/mol. The van der Waals surface area contributed by atoms with E-state index >= 15 is 4.79 Å². The second kappa shape index (κ2) is 17.7. The third kappa shape index (κ3) is 9.19. The van der Waals surface area contributed by atoms with Gasteiger partial charge in [-0.15, -0.1) is 6.58 Å². The van der Waals surface area contributed by atoms with E-state index in [1.165, 1.54) is 4.90 Å². The number of allylic oxidation sites excluding steroid dienone is 1. The van der Waals surface area contributed by atoms with E-state index in [0.717, 1.165) is 82.3 Å². The van der Waals surface area contributed by atoms with Gasteiger partial charge in [-0.05, 0) is 87.7 Å². The number of ether oxygens (including phenoxy) is 5. The van der Waals surface area contributed by atoms with Crippen LogP contribution in [0.25, 0.3) is 10.9 Å². The number of sulfonamides is 1. The lowest BCUT2D eigenvalue weighted by atomic mass is 9.77. The highest BCUT2D eigenvalue weighted by Gasteiger charge is 2.63. The van der Waals surface area contributed by atoms with E-state index < -0.39 is 61.5 Å². The van der Waals surface area contributed by atoms with Crippen LogP contribution in [-0.4, -0.2) is 123 Å². The molecule has 7 aliphatic rings. The Labute approximate surface area is 389 Å². The molecule has 360 valence electrons. The first-order valence-corrected chi connectivity index (χ1v) is 25.7. The van der Waals surface area contributed by atoms with Crippen molar-refractivity contribution < 1.29 is 51.3 Å². The Morgan fingerprint density at radius 3 is 2.52 bits per heavy atom. The smallest absolute Gasteiger partial charge is 0.306 e. The number of nitrogens with zero attached hydrogens (tertiary/aromatic N) is 3. The van der Waals surface area contributed by atoms with Crippen LogP contribution in [0.5, 0.6) is 17.4 Å². The summed E-state index contributed by atoms with van der Waals surface area (Å²) in [5.41, 5.74) is -0.301. The average Bonchev–Trinajstić information content (AvgIpc) is 4.20. The molecule has 1 aromatic heterocycles. The van der Waals surface area contributed by atoms with Crippen LogP contribution in [0.15, 0.2) is 30.9 Å². The van der Waals surface area contributed by atoms with Gasteiger partial charge >= 0.3 is 5.97 Å². The number of likely N-dealkylation sites (tertiary alicyclic amines) is 1. The van der Waals surface area contributed by atoms with Crippen molar-refractivity contribution in [1.29, 1.82) is 0 Å². The highest BCUT2D eigenvalue weighted by atomic mass is 32.2. The maximum Gasteiger partial charge on any atom is 0.306 e. The number of amides is 2. The largest absolute Gasteiger partial charge is 0.494 e. The number of Topliss-reactive ketones (excluding diaryl/α,β-unsaturated/α-hetero) is 1. The molecule has 16 heteroatoms. The third-order valence-corrected chi connectivity index (χ3v) is 17.9. The van der Waals surface area contributed by atoms with E-state index in [1.54, 1.807) is 20.1 Å². The molecule has 3 saturated carbocycles. The molecule has 0 radical (unpaired) electrons. The Balaban J connectivity index is 1.04. The molecule has 1 spiro atoms. The minimum absolute atomic E-state index is 0.0159. The van der Waals surface area contributed by atoms with Gasteiger partial charge in [0.2, 0.25) is 27.7 Å². The molecule has 5 heterocycles. The van der Waals surface area contributed by atoms with Crippen molar-refractivity contribution in [3.8, 4) is 17.4 Å². The number of nitrogens with one attached hydrogen (secondary N) is 1. The van der Waals surface area contributed by atoms with Gasteiger partial charge < -0.3 is 33.5 Å². The number of carbonyl (C=O) groups excluding carboxylic acids is 4. The molecule has 66 heavy (non-hydrogen) atoms. The highest BCUT2D eigenvalue weighted by molar-refractivity contribution is 7.91. The van der Waals surface area contributed by atoms with Crippen molar-refractivity contribution in [3.05, 3.63) is 36.4 Å². The summed E-state index contributed by atoms with van der Waals surface area (Å²) in [5.74, 6) is -1.33. The van der Waals surface area contributed by atoms with Crippen LogP contribution in [0.2, 0.25) is 0 Å². The Morgan fingerprint density at radius 1 is 1.08 bits per heavy atom. The summed E-state index contributed by atoms with van der Waals surface area (Å²) in [6.45, 7) is 16.4. The van der Waals surface area contributed by atoms with Gasteiger partial charge in [0, 0.05) is 43.3 Å². The van der Waals surface area contributed by atoms with Crippen molar-refractivity contribution in [2.24, 2.45) is 34.0 Å². The quantitative estimate of drug-likeness (QED) is 0.142. The molecule has 6 fully saturated rings. The molecule has 2 bridgehead atoms. The SMILES string of the molecule is C=C[C@@H]1C[C@]1(CC(=O)[C@@H]1C[C@@H]2CN1C(=O)[C@H](C(C)(C)C)CC(=O)O[C@@H]1C[C@H]1CCCCCc1c(nc3c(OC)cccc3c1OCCCN1CC3(COC3)C1)O2)C(=O)NS(=O)(=O)C1(C)CC1. The number of hydrogen-bond donors (Lipinski definition) is 1. The monoisotopic (exact) mass is 932 g/mol. The first-order valence-electron chi connectivity index (χ1n) is 24.2. The summed E-state index contributed by atoms with van der Waals surface area (Å²) >= 11 is 0. The first-order chi connectivity index (χ1) is 31.4. The zero-order valence-electron chi connectivity index (χ0n) is 39.4. The maximum atomic E-state index is 15.0. The summed E-state index contributed by atoms with van der Waals surface area (Å²) in [4.78, 5) is 66.5. The molecule has 3 saturated heterocycles. The van der Waals surface area contributed by atoms with Crippen LogP contribution in [0.3, 0.4) is 0 Å². The Hall–Kier alpha value is -4.28. The van der Waals surface area contributed by atoms with Crippen molar-refractivity contribution in [2.45, 2.75) is 134 Å². The number of rotatable bonds is 13. The van der Waals surface area contributed by atoms with Gasteiger partial charge in [0.05, 0.1) is 67.6 Å². The van der Waals surface area contributed by atoms with Crippen molar-refractivity contribution in [2.75, 3.05) is 53.1 Å². The van der Waals surface area contributed by atoms with E-state index in [0.29, 0.717) is 54.2 Å². The standard InChI is InChI=1S/C50H68N4O11S/c1-7-32-24-50(32,46(58)52-66(59,60)48(5)17-18-48)25-38(55)37-22-33-26-54(37)45(57)36(47(2,3)4)23-41(56)65-40-21-31(40)13-9-8-10-14-35-43(63-20-12-19-53-27-49(28-53)29-62-30-49)34-15-11-16-39(61-6)42(34)51-44(35)64-33/h7,11,15-16,31-33,36-37,40H,1,8-10,12-14,17-30H2,2-6H3,(H,52,58)/t31-,32-,33-,36-,37+,40-,50-/m1/s1. The summed E-state index contributed by atoms with van der Waals surface area (Å²) < 4.78 is 58.8. The molecule has 0 unspecified atom stereocenters. The van der Waals surface area contributed by atoms with Gasteiger partial charge in [-0.25, -0.2) is 13.4 Å². The molecule has 9 rings (SSSR count). The van der Waals surface area contributed by atoms with Crippen molar-refractivity contribution >= 4 is 44.5 Å². The average molecular weight is 933 g/mol. The number of fused-ring (bicyclic) bond motifs is 5. The number of pyridine rings is 1. The van der Waals surface area contributed by atoms with Crippen molar-refractivity contribution in [3.63, 3.8) is 0 Å². The van der Waals surface area contributed by atoms with E-state index in [-0.39, 0.29) is 55.9 Å². The van der Waals surface area contributed by atoms with Gasteiger partial charge in [0.25, 0.3) is 0 Å². The predicted octanol–water partition coefficient (Wildman–Crippen LogP) is 5.94. The lowest BCUT2D eigenvalue weighted by Gasteiger charge is -2.55. The van der Waals surface area contributed by atoms with Crippen molar-refractivity contribution in [1.82, 2.24) is 19.5 Å². The van der Waals surface area contributed by atoms with E-state index in [4.69, 9.17) is 28.7 Å². The summed E-state index contributed by atoms with van der Waals surface area (Å²) in [6, 6.07) is 4.73. The van der Waals surface area contributed by atoms with Crippen LogP contribution in [0, 0.1) is 34.0 Å². The van der Waals surface area contributed by atoms with E-state index in [2.05, 4.69) is 16.2 Å². The molecule has 3 aliphatic carbocycles. The molecule has 1 aromatic carbocycles. The lowest BCUT2D eigenvalue weighted by Crippen LogP contribution is -2.65. The van der Waals surface area contributed by atoms with Crippen LogP contribution in [0.1, 0.15) is 110 Å². The van der Waals surface area contributed by atoms with E-state index in [1.807, 2.05) is 39.0 Å². The molecular formula is C50H68N4O11S. The second-order valence-corrected chi connectivity index (χ2v) is 24.1. The van der Waals surface area contributed by atoms with Gasteiger partial charge in [0.1, 0.15) is 29.2 Å². The van der Waals surface area contributed by atoms with Gasteiger partial charge in [0.15, 0.2) is 5.78 Å². The van der Waals surface area contributed by atoms with Crippen LogP contribution >= 0.6 is 0 Å². The molecule has 15 nitrogen and oxygen atoms in total. The van der Waals surface area contributed by atoms with E-state index in [9.17, 15) is 22.8 Å². The fraction of sp³-hybridized carbons (Fsp3) is 0.700. The fourth-order valence-electron chi connectivity index (χ4n) is 10.9. The molecule has 2 aromatic rings. The van der Waals surface area contributed by atoms with Crippen LogP contribution in [0.4, 0.5) is 0 Å². The number of methoxy groups -OCH3 is 1. The molecule has 7 atom stereocenters. The number of para-hydroxylation sites is 1. The zero-order chi connectivity index (χ0) is 46.8. The fourth-order valence-corrected chi connectivity index (χ4v) is 12.2. The van der Waals surface area contributed by atoms with Crippen LogP contribution < -0.4 is 18.9 Å². The number of hydrogen-bond acceptors (Lipinski definition) is 13. The number of esters is 1. The first kappa shape index (κ1) is 46.8. The summed E-state index contributed by atoms with van der Waals surface area (Å²) in [5, 5.41) is 0.808. The minimum Gasteiger partial charge on any atom is -0.494 e. The Morgan fingerprint density at radius 2 is 1.85 bits per heavy atom. The number of carbonyl (C=O) groups is 4. The van der Waals surface area contributed by atoms with Crippen LogP contribution in [-0.2, 0) is 45.1 Å². The Bertz CT molecular complexity index is 2370. The van der Waals surface area contributed by atoms with Gasteiger partial charge in [-0.2, -0.15) is 0 Å². The van der Waals surface area contributed by atoms with Gasteiger partial charge in [-0.3, -0.25) is 23.9 Å². The predicted molar refractivity (Wildman–Crippen MR) is 245 cm³/mol. The molecule has 4 aliphatic heterocycles. The number of benzene rings is 1. The lowest BCUT2D eigenvalue weighted by molar-refractivity contribution is -0.189. The normalized spacial score (nSPS) is 30.5. The van der Waals surface area contributed by atoms with Gasteiger partial charge in [-0.1, -0.05) is 45.8 Å². The maximum absolute atomic E-state index is 15.0. The topological polar surface area (TPSA) is 180 Å². The minimum atomic E-state index is -3.98. The number of ketones is 1. The second-order valence-electron chi connectivity index (χ2n) is 21.9. The number of aromatic nitrogens is 1. The highest BCUT2D eigenvalue weighted by Crippen LogP contribution is 2.57. The molecule has 2 amide bonds. The Kier molecular flexibility index (Phi) is 12.5. The summed E-state index contributed by atoms with van der Waals surface area (Å²) in [7, 11) is -2.38.